The molecule has 0 aliphatic heterocycles. The first kappa shape index (κ1) is 30.4. The summed E-state index contributed by atoms with van der Waals surface area (Å²) in [5.74, 6) is -0.871. The molecule has 0 saturated heterocycles. The molecule has 4 aromatic carbocycles. The molecule has 0 aliphatic rings. The minimum absolute atomic E-state index is 0.115. The Hall–Kier alpha value is -5.03. The van der Waals surface area contributed by atoms with E-state index in [1.165, 1.54) is 24.3 Å². The fourth-order valence-electron chi connectivity index (χ4n) is 4.63. The number of nitrogens with zero attached hydrogens (tertiary/aromatic N) is 1. The Labute approximate surface area is 248 Å². The van der Waals surface area contributed by atoms with Gasteiger partial charge < -0.3 is 19.9 Å². The highest BCUT2D eigenvalue weighted by Crippen LogP contribution is 2.30. The molecule has 0 fully saturated rings. The number of ether oxygens (including phenoxy) is 2. The van der Waals surface area contributed by atoms with Crippen LogP contribution < -0.4 is 14.8 Å². The molecule has 226 valence electrons. The standard InChI is InChI=1S/C33H25F5N2O4/c34-27-16-15-26(24-8-1-2-9-25(24)27)31(42)40-28(19-20-6-5-7-23(18-20)44-33(37,38)32(35)36)30(41)21-11-13-22(14-12-21)43-29-10-3-4-17-39-29/h1-18,28,30,32,41H,19H2,(H,40,42). The van der Waals surface area contributed by atoms with Gasteiger partial charge in [0.2, 0.25) is 5.88 Å². The average Bonchev–Trinajstić information content (AvgIpc) is 3.01. The van der Waals surface area contributed by atoms with Crippen LogP contribution in [0.15, 0.2) is 109 Å². The van der Waals surface area contributed by atoms with Gasteiger partial charge in [-0.1, -0.05) is 54.6 Å². The molecular weight excluding hydrogens is 583 g/mol. The first-order chi connectivity index (χ1) is 21.1. The van der Waals surface area contributed by atoms with Crippen LogP contribution in [0.3, 0.4) is 0 Å². The lowest BCUT2D eigenvalue weighted by molar-refractivity contribution is -0.253. The zero-order chi connectivity index (χ0) is 31.3. The predicted molar refractivity (Wildman–Crippen MR) is 153 cm³/mol. The number of halogens is 5. The topological polar surface area (TPSA) is 80.7 Å². The van der Waals surface area contributed by atoms with Crippen LogP contribution in [0.4, 0.5) is 22.0 Å². The van der Waals surface area contributed by atoms with Crippen LogP contribution in [-0.2, 0) is 6.42 Å². The largest absolute Gasteiger partial charge is 0.461 e. The average molecular weight is 609 g/mol. The quantitative estimate of drug-likeness (QED) is 0.152. The van der Waals surface area contributed by atoms with Crippen molar-refractivity contribution in [2.45, 2.75) is 31.1 Å². The van der Waals surface area contributed by atoms with Gasteiger partial charge in [0.1, 0.15) is 17.3 Å². The van der Waals surface area contributed by atoms with Crippen molar-refractivity contribution in [3.05, 3.63) is 132 Å². The van der Waals surface area contributed by atoms with Gasteiger partial charge in [-0.3, -0.25) is 4.79 Å². The minimum atomic E-state index is -4.71. The Bertz CT molecular complexity index is 1740. The molecular formula is C33H25F5N2O4. The van der Waals surface area contributed by atoms with Crippen LogP contribution in [0.1, 0.15) is 27.6 Å². The maximum atomic E-state index is 14.4. The van der Waals surface area contributed by atoms with Gasteiger partial charge in [-0.2, -0.15) is 17.6 Å². The first-order valence-corrected chi connectivity index (χ1v) is 13.4. The van der Waals surface area contributed by atoms with Crippen molar-refractivity contribution in [3.63, 3.8) is 0 Å². The van der Waals surface area contributed by atoms with Gasteiger partial charge >= 0.3 is 12.5 Å². The number of aromatic nitrogens is 1. The molecule has 0 aliphatic carbocycles. The third kappa shape index (κ3) is 7.12. The second kappa shape index (κ2) is 13.1. The van der Waals surface area contributed by atoms with E-state index in [4.69, 9.17) is 4.74 Å². The molecule has 0 radical (unpaired) electrons. The molecule has 6 nitrogen and oxygen atoms in total. The number of benzene rings is 4. The molecule has 1 amide bonds. The van der Waals surface area contributed by atoms with Gasteiger partial charge in [-0.15, -0.1) is 0 Å². The predicted octanol–water partition coefficient (Wildman–Crippen LogP) is 7.48. The number of aliphatic hydroxyl groups is 1. The van der Waals surface area contributed by atoms with E-state index in [1.54, 1.807) is 66.9 Å². The summed E-state index contributed by atoms with van der Waals surface area (Å²) in [7, 11) is 0. The summed E-state index contributed by atoms with van der Waals surface area (Å²) >= 11 is 0. The lowest BCUT2D eigenvalue weighted by Crippen LogP contribution is -2.41. The van der Waals surface area contributed by atoms with Crippen molar-refractivity contribution in [1.82, 2.24) is 10.3 Å². The molecule has 2 N–H and O–H groups in total. The highest BCUT2D eigenvalue weighted by molar-refractivity contribution is 6.07. The van der Waals surface area contributed by atoms with Crippen LogP contribution in [0.2, 0.25) is 0 Å². The molecule has 0 saturated carbocycles. The highest BCUT2D eigenvalue weighted by Gasteiger charge is 2.44. The van der Waals surface area contributed by atoms with E-state index in [0.717, 1.165) is 18.2 Å². The molecule has 1 aromatic heterocycles. The van der Waals surface area contributed by atoms with Gasteiger partial charge in [0, 0.05) is 23.2 Å². The number of alkyl halides is 4. The smallest absolute Gasteiger partial charge is 0.439 e. The first-order valence-electron chi connectivity index (χ1n) is 13.4. The molecule has 44 heavy (non-hydrogen) atoms. The molecule has 0 bridgehead atoms. The number of hydrogen-bond acceptors (Lipinski definition) is 5. The summed E-state index contributed by atoms with van der Waals surface area (Å²) in [6.45, 7) is 0. The van der Waals surface area contributed by atoms with Gasteiger partial charge in [0.25, 0.3) is 5.91 Å². The molecule has 0 spiro atoms. The monoisotopic (exact) mass is 608 g/mol. The fourth-order valence-corrected chi connectivity index (χ4v) is 4.63. The number of nitrogens with one attached hydrogen (secondary N) is 1. The third-order valence-corrected chi connectivity index (χ3v) is 6.76. The molecule has 5 aromatic rings. The Morgan fingerprint density at radius 2 is 1.59 bits per heavy atom. The Kier molecular flexibility index (Phi) is 9.05. The van der Waals surface area contributed by atoms with Crippen molar-refractivity contribution in [2.75, 3.05) is 0 Å². The SMILES string of the molecule is O=C(NC(Cc1cccc(OC(F)(F)C(F)F)c1)C(O)c1ccc(Oc2ccccn2)cc1)c1ccc(F)c2ccccc12. The van der Waals surface area contributed by atoms with Crippen LogP contribution in [0, 0.1) is 5.82 Å². The Morgan fingerprint density at radius 3 is 2.30 bits per heavy atom. The summed E-state index contributed by atoms with van der Waals surface area (Å²) in [4.78, 5) is 17.6. The number of carbonyl (C=O) groups excluding carboxylic acids is 1. The van der Waals surface area contributed by atoms with E-state index in [-0.39, 0.29) is 17.4 Å². The van der Waals surface area contributed by atoms with Crippen molar-refractivity contribution in [3.8, 4) is 17.4 Å². The second-order valence-electron chi connectivity index (χ2n) is 9.82. The maximum absolute atomic E-state index is 14.4. The van der Waals surface area contributed by atoms with E-state index in [2.05, 4.69) is 15.0 Å². The second-order valence-corrected chi connectivity index (χ2v) is 9.82. The number of amides is 1. The van der Waals surface area contributed by atoms with E-state index in [0.29, 0.717) is 28.1 Å². The molecule has 1 heterocycles. The van der Waals surface area contributed by atoms with Crippen LogP contribution in [0.5, 0.6) is 17.4 Å². The Morgan fingerprint density at radius 1 is 0.864 bits per heavy atom. The molecule has 11 heteroatoms. The van der Waals surface area contributed by atoms with Gasteiger partial charge in [0.05, 0.1) is 12.1 Å². The number of carbonyl (C=O) groups is 1. The van der Waals surface area contributed by atoms with Crippen molar-refractivity contribution in [1.29, 1.82) is 0 Å². The summed E-state index contributed by atoms with van der Waals surface area (Å²) in [6.07, 6.45) is -8.64. The number of rotatable bonds is 11. The summed E-state index contributed by atoms with van der Waals surface area (Å²) in [5, 5.41) is 14.8. The summed E-state index contributed by atoms with van der Waals surface area (Å²) in [5.41, 5.74) is 0.826. The van der Waals surface area contributed by atoms with E-state index < -0.39 is 42.2 Å². The van der Waals surface area contributed by atoms with Crippen LogP contribution in [-0.4, -0.2) is 34.6 Å². The lowest BCUT2D eigenvalue weighted by atomic mass is 9.95. The van der Waals surface area contributed by atoms with Gasteiger partial charge in [-0.25, -0.2) is 9.37 Å². The van der Waals surface area contributed by atoms with Gasteiger partial charge in [-0.05, 0) is 65.4 Å². The van der Waals surface area contributed by atoms with E-state index in [1.807, 2.05) is 0 Å². The number of pyridine rings is 1. The van der Waals surface area contributed by atoms with E-state index >= 15 is 0 Å². The lowest BCUT2D eigenvalue weighted by Gasteiger charge is -2.26. The molecule has 5 rings (SSSR count). The minimum Gasteiger partial charge on any atom is -0.439 e. The molecule has 2 atom stereocenters. The maximum Gasteiger partial charge on any atom is 0.461 e. The molecule has 2 unspecified atom stereocenters. The number of fused-ring (bicyclic) bond motifs is 1. The zero-order valence-electron chi connectivity index (χ0n) is 22.8. The van der Waals surface area contributed by atoms with Crippen LogP contribution in [0.25, 0.3) is 10.8 Å². The highest BCUT2D eigenvalue weighted by atomic mass is 19.3. The van der Waals surface area contributed by atoms with Gasteiger partial charge in [0.15, 0.2) is 0 Å². The zero-order valence-corrected chi connectivity index (χ0v) is 22.8. The number of aliphatic hydroxyl groups excluding tert-OH is 1. The van der Waals surface area contributed by atoms with Crippen molar-refractivity contribution in [2.24, 2.45) is 0 Å². The summed E-state index contributed by atoms with van der Waals surface area (Å²) in [6, 6.07) is 24.4. The summed E-state index contributed by atoms with van der Waals surface area (Å²) < 4.78 is 76.8. The Balaban J connectivity index is 1.43. The van der Waals surface area contributed by atoms with Crippen LogP contribution >= 0.6 is 0 Å². The number of hydrogen-bond donors (Lipinski definition) is 2. The fraction of sp³-hybridized carbons (Fsp3) is 0.152. The third-order valence-electron chi connectivity index (χ3n) is 6.76. The van der Waals surface area contributed by atoms with E-state index in [9.17, 15) is 31.9 Å². The van der Waals surface area contributed by atoms with Crippen molar-refractivity contribution >= 4 is 16.7 Å². The van der Waals surface area contributed by atoms with Crippen molar-refractivity contribution < 1.29 is 41.3 Å². The normalized spacial score (nSPS) is 13.0.